The third-order valence-corrected chi connectivity index (χ3v) is 4.19. The predicted octanol–water partition coefficient (Wildman–Crippen LogP) is 3.77. The SMILES string of the molecule is Cc1nc(CN(C)C(=O)c2ccc(Cl)cc2[N+](=O)[O-])nc2ccccc12. The van der Waals surface area contributed by atoms with Gasteiger partial charge in [0.2, 0.25) is 0 Å². The number of para-hydroxylation sites is 1. The number of carbonyl (C=O) groups is 1. The number of aromatic nitrogens is 2. The Morgan fingerprint density at radius 3 is 2.69 bits per heavy atom. The predicted molar refractivity (Wildman–Crippen MR) is 98.2 cm³/mol. The van der Waals surface area contributed by atoms with Crippen molar-refractivity contribution in [3.05, 3.63) is 74.7 Å². The molecule has 7 nitrogen and oxygen atoms in total. The van der Waals surface area contributed by atoms with Gasteiger partial charge in [-0.25, -0.2) is 9.97 Å². The Balaban J connectivity index is 1.90. The topological polar surface area (TPSA) is 89.2 Å². The van der Waals surface area contributed by atoms with Crippen LogP contribution in [0.5, 0.6) is 0 Å². The van der Waals surface area contributed by atoms with E-state index < -0.39 is 10.8 Å². The fourth-order valence-electron chi connectivity index (χ4n) is 2.69. The second-order valence-corrected chi connectivity index (χ2v) is 6.26. The lowest BCUT2D eigenvalue weighted by Crippen LogP contribution is -2.28. The van der Waals surface area contributed by atoms with Crippen LogP contribution >= 0.6 is 11.6 Å². The number of rotatable bonds is 4. The Hall–Kier alpha value is -3.06. The molecule has 0 saturated heterocycles. The van der Waals surface area contributed by atoms with E-state index in [4.69, 9.17) is 11.6 Å². The number of aryl methyl sites for hydroxylation is 1. The van der Waals surface area contributed by atoms with Gasteiger partial charge in [0.05, 0.1) is 17.0 Å². The average Bonchev–Trinajstić information content (AvgIpc) is 2.61. The number of carbonyl (C=O) groups excluding carboxylic acids is 1. The van der Waals surface area contributed by atoms with Gasteiger partial charge in [0.15, 0.2) is 0 Å². The van der Waals surface area contributed by atoms with Crippen LogP contribution in [-0.4, -0.2) is 32.7 Å². The molecular formula is C18H15ClN4O3. The van der Waals surface area contributed by atoms with Crippen LogP contribution in [0, 0.1) is 17.0 Å². The summed E-state index contributed by atoms with van der Waals surface area (Å²) in [5.74, 6) is -0.0311. The Morgan fingerprint density at radius 2 is 1.96 bits per heavy atom. The summed E-state index contributed by atoms with van der Waals surface area (Å²) in [6, 6.07) is 11.6. The third kappa shape index (κ3) is 3.48. The fraction of sp³-hybridized carbons (Fsp3) is 0.167. The van der Waals surface area contributed by atoms with Gasteiger partial charge in [-0.15, -0.1) is 0 Å². The van der Waals surface area contributed by atoms with Crippen molar-refractivity contribution in [2.24, 2.45) is 0 Å². The first-order valence-electron chi connectivity index (χ1n) is 7.78. The molecule has 3 rings (SSSR count). The lowest BCUT2D eigenvalue weighted by molar-refractivity contribution is -0.385. The molecule has 2 aromatic carbocycles. The van der Waals surface area contributed by atoms with Gasteiger partial charge in [0, 0.05) is 29.2 Å². The number of amides is 1. The summed E-state index contributed by atoms with van der Waals surface area (Å²) in [6.07, 6.45) is 0. The molecule has 0 unspecified atom stereocenters. The molecule has 0 spiro atoms. The van der Waals surface area contributed by atoms with E-state index in [9.17, 15) is 14.9 Å². The molecule has 0 aliphatic rings. The number of benzene rings is 2. The second kappa shape index (κ2) is 7.05. The molecule has 0 saturated carbocycles. The molecule has 8 heteroatoms. The minimum Gasteiger partial charge on any atom is -0.334 e. The summed E-state index contributed by atoms with van der Waals surface area (Å²) >= 11 is 5.80. The molecule has 0 fully saturated rings. The molecule has 26 heavy (non-hydrogen) atoms. The highest BCUT2D eigenvalue weighted by atomic mass is 35.5. The van der Waals surface area contributed by atoms with Crippen LogP contribution < -0.4 is 0 Å². The van der Waals surface area contributed by atoms with Crippen LogP contribution in [0.1, 0.15) is 21.9 Å². The summed E-state index contributed by atoms with van der Waals surface area (Å²) < 4.78 is 0. The maximum Gasteiger partial charge on any atom is 0.283 e. The highest BCUT2D eigenvalue weighted by Gasteiger charge is 2.24. The number of nitro groups is 1. The first-order valence-corrected chi connectivity index (χ1v) is 8.16. The quantitative estimate of drug-likeness (QED) is 0.515. The Labute approximate surface area is 154 Å². The van der Waals surface area contributed by atoms with Crippen LogP contribution in [0.25, 0.3) is 10.9 Å². The molecular weight excluding hydrogens is 356 g/mol. The van der Waals surface area contributed by atoms with Gasteiger partial charge >= 0.3 is 0 Å². The fourth-order valence-corrected chi connectivity index (χ4v) is 2.86. The highest BCUT2D eigenvalue weighted by Crippen LogP contribution is 2.24. The summed E-state index contributed by atoms with van der Waals surface area (Å²) in [5, 5.41) is 12.3. The van der Waals surface area contributed by atoms with E-state index in [1.165, 1.54) is 23.1 Å². The van der Waals surface area contributed by atoms with Gasteiger partial charge in [-0.05, 0) is 25.1 Å². The van der Waals surface area contributed by atoms with Crippen LogP contribution in [0.15, 0.2) is 42.5 Å². The van der Waals surface area contributed by atoms with Gasteiger partial charge in [0.25, 0.3) is 11.6 Å². The zero-order valence-electron chi connectivity index (χ0n) is 14.1. The van der Waals surface area contributed by atoms with Crippen LogP contribution in [0.4, 0.5) is 5.69 Å². The largest absolute Gasteiger partial charge is 0.334 e. The smallest absolute Gasteiger partial charge is 0.283 e. The molecule has 1 aromatic heterocycles. The Kier molecular flexibility index (Phi) is 4.81. The van der Waals surface area contributed by atoms with Crippen molar-refractivity contribution in [3.8, 4) is 0 Å². The molecule has 0 aliphatic heterocycles. The van der Waals surface area contributed by atoms with Gasteiger partial charge in [-0.1, -0.05) is 29.8 Å². The van der Waals surface area contributed by atoms with Crippen molar-refractivity contribution < 1.29 is 9.72 Å². The van der Waals surface area contributed by atoms with E-state index in [0.29, 0.717) is 5.82 Å². The zero-order valence-corrected chi connectivity index (χ0v) is 14.9. The van der Waals surface area contributed by atoms with Crippen molar-refractivity contribution in [2.75, 3.05) is 7.05 Å². The van der Waals surface area contributed by atoms with E-state index in [0.717, 1.165) is 16.6 Å². The second-order valence-electron chi connectivity index (χ2n) is 5.82. The molecule has 132 valence electrons. The van der Waals surface area contributed by atoms with Crippen molar-refractivity contribution in [1.82, 2.24) is 14.9 Å². The van der Waals surface area contributed by atoms with E-state index in [1.807, 2.05) is 31.2 Å². The van der Waals surface area contributed by atoms with Crippen molar-refractivity contribution >= 4 is 34.1 Å². The third-order valence-electron chi connectivity index (χ3n) is 3.95. The zero-order chi connectivity index (χ0) is 18.8. The lowest BCUT2D eigenvalue weighted by Gasteiger charge is -2.17. The number of hydrogen-bond acceptors (Lipinski definition) is 5. The average molecular weight is 371 g/mol. The van der Waals surface area contributed by atoms with Crippen LogP contribution in [0.2, 0.25) is 5.02 Å². The van der Waals surface area contributed by atoms with Gasteiger partial charge < -0.3 is 4.90 Å². The number of hydrogen-bond donors (Lipinski definition) is 0. The first kappa shape index (κ1) is 17.8. The number of nitrogens with zero attached hydrogens (tertiary/aromatic N) is 4. The Bertz CT molecular complexity index is 1020. The van der Waals surface area contributed by atoms with E-state index >= 15 is 0 Å². The normalized spacial score (nSPS) is 10.7. The van der Waals surface area contributed by atoms with Crippen LogP contribution in [0.3, 0.4) is 0 Å². The summed E-state index contributed by atoms with van der Waals surface area (Å²) in [6.45, 7) is 2.00. The van der Waals surface area contributed by atoms with Crippen LogP contribution in [-0.2, 0) is 6.54 Å². The van der Waals surface area contributed by atoms with Crippen molar-refractivity contribution in [3.63, 3.8) is 0 Å². The first-order chi connectivity index (χ1) is 12.4. The molecule has 1 heterocycles. The molecule has 0 N–H and O–H groups in total. The lowest BCUT2D eigenvalue weighted by atomic mass is 10.1. The van der Waals surface area contributed by atoms with Gasteiger partial charge in [-0.3, -0.25) is 14.9 Å². The van der Waals surface area contributed by atoms with Crippen molar-refractivity contribution in [1.29, 1.82) is 0 Å². The number of nitro benzene ring substituents is 1. The van der Waals surface area contributed by atoms with Gasteiger partial charge in [-0.2, -0.15) is 0 Å². The minimum atomic E-state index is -0.621. The number of fused-ring (bicyclic) bond motifs is 1. The molecule has 0 bridgehead atoms. The van der Waals surface area contributed by atoms with Gasteiger partial charge in [0.1, 0.15) is 11.4 Å². The van der Waals surface area contributed by atoms with E-state index in [-0.39, 0.29) is 22.8 Å². The van der Waals surface area contributed by atoms with E-state index in [1.54, 1.807) is 7.05 Å². The maximum atomic E-state index is 12.7. The van der Waals surface area contributed by atoms with Crippen molar-refractivity contribution in [2.45, 2.75) is 13.5 Å². The maximum absolute atomic E-state index is 12.7. The molecule has 0 radical (unpaired) electrons. The molecule has 0 aliphatic carbocycles. The summed E-state index contributed by atoms with van der Waals surface area (Å²) in [4.78, 5) is 33.5. The number of halogens is 1. The van der Waals surface area contributed by atoms with E-state index in [2.05, 4.69) is 9.97 Å². The molecule has 1 amide bonds. The standard InChI is InChI=1S/C18H15ClN4O3/c1-11-13-5-3-4-6-15(13)21-17(20-11)10-22(2)18(24)14-8-7-12(19)9-16(14)23(25)26/h3-9H,10H2,1-2H3. The Morgan fingerprint density at radius 1 is 1.23 bits per heavy atom. The molecule has 3 aromatic rings. The highest BCUT2D eigenvalue weighted by molar-refractivity contribution is 6.31. The summed E-state index contributed by atoms with van der Waals surface area (Å²) in [5.41, 5.74) is 1.24. The minimum absolute atomic E-state index is 0.0283. The molecule has 0 atom stereocenters. The monoisotopic (exact) mass is 370 g/mol. The summed E-state index contributed by atoms with van der Waals surface area (Å²) in [7, 11) is 1.55.